The minimum atomic E-state index is 1.04. The van der Waals surface area contributed by atoms with Crippen LogP contribution in [0.4, 0.5) is 0 Å². The van der Waals surface area contributed by atoms with Gasteiger partial charge in [-0.15, -0.1) is 0 Å². The van der Waals surface area contributed by atoms with Crippen molar-refractivity contribution < 1.29 is 0 Å². The zero-order chi connectivity index (χ0) is 15.1. The number of hydrogen-bond donors (Lipinski definition) is 0. The molecule has 20 heavy (non-hydrogen) atoms. The molecular weight excluding hydrogens is 240 g/mol. The van der Waals surface area contributed by atoms with Gasteiger partial charge in [0, 0.05) is 0 Å². The van der Waals surface area contributed by atoms with Crippen molar-refractivity contribution in [3.8, 4) is 0 Å². The average Bonchev–Trinajstić information content (AvgIpc) is 2.50. The molecule has 0 saturated carbocycles. The second kappa shape index (κ2) is 7.69. The van der Waals surface area contributed by atoms with Crippen molar-refractivity contribution in [2.24, 2.45) is 0 Å². The summed E-state index contributed by atoms with van der Waals surface area (Å²) in [6.45, 7) is 14.5. The van der Waals surface area contributed by atoms with Gasteiger partial charge in [-0.3, -0.25) is 0 Å². The Hall–Kier alpha value is -1.82. The molecule has 0 unspecified atom stereocenters. The standard InChI is InChI=1S/C18H20.C2H6/c1-5-8-16-12-11-14(6-2)17-13(4)9-10-15(7-3)18(16)17;1-2/h5,7-12H,4,6H2,1-3H3;1-2H3/b8-5-,15-7-;. The molecule has 0 aliphatic carbocycles. The molecule has 0 atom stereocenters. The molecule has 0 aliphatic heterocycles. The van der Waals surface area contributed by atoms with E-state index in [1.165, 1.54) is 27.1 Å². The number of rotatable bonds is 2. The van der Waals surface area contributed by atoms with Gasteiger partial charge >= 0.3 is 0 Å². The highest BCUT2D eigenvalue weighted by molar-refractivity contribution is 5.94. The topological polar surface area (TPSA) is 0 Å². The molecular formula is C20H26. The molecule has 0 amide bonds. The lowest BCUT2D eigenvalue weighted by molar-refractivity contribution is 1.16. The molecule has 0 spiro atoms. The average molecular weight is 266 g/mol. The van der Waals surface area contributed by atoms with Crippen LogP contribution in [0, 0.1) is 0 Å². The van der Waals surface area contributed by atoms with Gasteiger partial charge in [0.1, 0.15) is 0 Å². The Labute approximate surface area is 123 Å². The molecule has 0 nitrogen and oxygen atoms in total. The molecule has 0 saturated heterocycles. The maximum absolute atomic E-state index is 4.20. The van der Waals surface area contributed by atoms with Crippen LogP contribution in [0.15, 0.2) is 30.3 Å². The summed E-state index contributed by atoms with van der Waals surface area (Å²) in [4.78, 5) is 0. The highest BCUT2D eigenvalue weighted by atomic mass is 14.1. The van der Waals surface area contributed by atoms with E-state index in [1.54, 1.807) is 0 Å². The SMILES string of the molecule is C=c1cc/c(=C/C)c2c(/C=C\C)ccc(CC)c12.CC. The maximum Gasteiger partial charge on any atom is -0.00337 e. The van der Waals surface area contributed by atoms with Crippen molar-refractivity contribution >= 4 is 29.5 Å². The van der Waals surface area contributed by atoms with E-state index in [4.69, 9.17) is 0 Å². The third-order valence-corrected chi connectivity index (χ3v) is 3.44. The number of fused-ring (bicyclic) bond motifs is 1. The molecule has 2 rings (SSSR count). The summed E-state index contributed by atoms with van der Waals surface area (Å²) < 4.78 is 0. The van der Waals surface area contributed by atoms with Gasteiger partial charge in [-0.25, -0.2) is 0 Å². The molecule has 0 heteroatoms. The quantitative estimate of drug-likeness (QED) is 0.741. The van der Waals surface area contributed by atoms with Crippen LogP contribution in [0.25, 0.3) is 29.5 Å². The van der Waals surface area contributed by atoms with Crippen LogP contribution in [0.2, 0.25) is 0 Å². The van der Waals surface area contributed by atoms with Crippen molar-refractivity contribution in [3.63, 3.8) is 0 Å². The second-order valence-electron chi connectivity index (χ2n) is 4.52. The van der Waals surface area contributed by atoms with E-state index in [1.807, 2.05) is 13.8 Å². The maximum atomic E-state index is 4.20. The van der Waals surface area contributed by atoms with Gasteiger partial charge in [-0.2, -0.15) is 0 Å². The van der Waals surface area contributed by atoms with Gasteiger partial charge in [0.2, 0.25) is 0 Å². The van der Waals surface area contributed by atoms with Crippen molar-refractivity contribution in [3.05, 3.63) is 51.9 Å². The Bertz CT molecular complexity index is 703. The van der Waals surface area contributed by atoms with Crippen LogP contribution in [-0.4, -0.2) is 0 Å². The summed E-state index contributed by atoms with van der Waals surface area (Å²) in [5, 5.41) is 5.07. The predicted molar refractivity (Wildman–Crippen MR) is 94.3 cm³/mol. The van der Waals surface area contributed by atoms with E-state index >= 15 is 0 Å². The number of benzene rings is 2. The molecule has 0 aliphatic rings. The number of aryl methyl sites for hydroxylation is 1. The molecule has 2 aromatic carbocycles. The fourth-order valence-electron chi connectivity index (χ4n) is 2.55. The van der Waals surface area contributed by atoms with Gasteiger partial charge in [0.05, 0.1) is 0 Å². The van der Waals surface area contributed by atoms with Crippen LogP contribution in [-0.2, 0) is 6.42 Å². The Morgan fingerprint density at radius 2 is 1.70 bits per heavy atom. The fourth-order valence-corrected chi connectivity index (χ4v) is 2.55. The number of hydrogen-bond acceptors (Lipinski definition) is 0. The third-order valence-electron chi connectivity index (χ3n) is 3.44. The van der Waals surface area contributed by atoms with E-state index in [0.29, 0.717) is 0 Å². The molecule has 0 aromatic heterocycles. The largest absolute Gasteiger partial charge is 0.0911 e. The molecule has 0 radical (unpaired) electrons. The predicted octanol–water partition coefficient (Wildman–Crippen LogP) is 4.67. The highest BCUT2D eigenvalue weighted by Crippen LogP contribution is 2.19. The second-order valence-corrected chi connectivity index (χ2v) is 4.52. The third kappa shape index (κ3) is 3.01. The first-order valence-electron chi connectivity index (χ1n) is 7.55. The summed E-state index contributed by atoms with van der Waals surface area (Å²) in [5.74, 6) is 0. The lowest BCUT2D eigenvalue weighted by Gasteiger charge is -2.09. The molecule has 0 bridgehead atoms. The van der Waals surface area contributed by atoms with Crippen LogP contribution in [0.3, 0.4) is 0 Å². The van der Waals surface area contributed by atoms with Crippen molar-refractivity contribution in [2.45, 2.75) is 41.0 Å². The van der Waals surface area contributed by atoms with Gasteiger partial charge in [-0.1, -0.05) is 69.8 Å². The smallest absolute Gasteiger partial charge is 0.00337 e. The Morgan fingerprint density at radius 3 is 2.25 bits per heavy atom. The zero-order valence-electron chi connectivity index (χ0n) is 13.5. The normalized spacial score (nSPS) is 11.8. The van der Waals surface area contributed by atoms with E-state index < -0.39 is 0 Å². The minimum absolute atomic E-state index is 1.04. The van der Waals surface area contributed by atoms with E-state index in [-0.39, 0.29) is 0 Å². The summed E-state index contributed by atoms with van der Waals surface area (Å²) in [6.07, 6.45) is 7.49. The molecule has 2 aromatic rings. The summed E-state index contributed by atoms with van der Waals surface area (Å²) >= 11 is 0. The first-order valence-corrected chi connectivity index (χ1v) is 7.55. The summed E-state index contributed by atoms with van der Waals surface area (Å²) in [7, 11) is 0. The van der Waals surface area contributed by atoms with Gasteiger partial charge < -0.3 is 0 Å². The van der Waals surface area contributed by atoms with Crippen LogP contribution < -0.4 is 10.4 Å². The Balaban J connectivity index is 0.000000956. The fraction of sp³-hybridized carbons (Fsp3) is 0.300. The molecule has 0 heterocycles. The van der Waals surface area contributed by atoms with Crippen LogP contribution in [0.1, 0.15) is 45.7 Å². The Morgan fingerprint density at radius 1 is 1.00 bits per heavy atom. The van der Waals surface area contributed by atoms with Crippen molar-refractivity contribution in [2.75, 3.05) is 0 Å². The van der Waals surface area contributed by atoms with E-state index in [9.17, 15) is 0 Å². The molecule has 0 fully saturated rings. The van der Waals surface area contributed by atoms with E-state index in [2.05, 4.69) is 69.8 Å². The zero-order valence-corrected chi connectivity index (χ0v) is 13.5. The molecule has 106 valence electrons. The Kier molecular flexibility index (Phi) is 6.24. The lowest BCUT2D eigenvalue weighted by Crippen LogP contribution is -2.12. The van der Waals surface area contributed by atoms with Crippen LogP contribution >= 0.6 is 0 Å². The van der Waals surface area contributed by atoms with Crippen molar-refractivity contribution in [1.29, 1.82) is 0 Å². The highest BCUT2D eigenvalue weighted by Gasteiger charge is 2.05. The van der Waals surface area contributed by atoms with Gasteiger partial charge in [0.25, 0.3) is 0 Å². The monoisotopic (exact) mass is 266 g/mol. The van der Waals surface area contributed by atoms with Gasteiger partial charge in [0.15, 0.2) is 0 Å². The van der Waals surface area contributed by atoms with Gasteiger partial charge in [-0.05, 0) is 52.6 Å². The first kappa shape index (κ1) is 16.2. The van der Waals surface area contributed by atoms with Crippen LogP contribution in [0.5, 0.6) is 0 Å². The first-order chi connectivity index (χ1) is 9.72. The number of allylic oxidation sites excluding steroid dienone is 1. The molecule has 0 N–H and O–H groups in total. The lowest BCUT2D eigenvalue weighted by atomic mass is 9.95. The summed E-state index contributed by atoms with van der Waals surface area (Å²) in [6, 6.07) is 8.73. The van der Waals surface area contributed by atoms with E-state index in [0.717, 1.165) is 11.6 Å². The van der Waals surface area contributed by atoms with Crippen molar-refractivity contribution in [1.82, 2.24) is 0 Å². The summed E-state index contributed by atoms with van der Waals surface area (Å²) in [5.41, 5.74) is 2.66. The minimum Gasteiger partial charge on any atom is -0.0911 e.